The molecule has 1 aromatic carbocycles. The number of nitrogens with zero attached hydrogens (tertiary/aromatic N) is 2. The van der Waals surface area contributed by atoms with Crippen LogP contribution in [0.5, 0.6) is 0 Å². The zero-order valence-electron chi connectivity index (χ0n) is 14.6. The van der Waals surface area contributed by atoms with Gasteiger partial charge >= 0.3 is 0 Å². The Labute approximate surface area is 169 Å². The highest BCUT2D eigenvalue weighted by Crippen LogP contribution is 2.38. The molecule has 0 radical (unpaired) electrons. The molecule has 2 fully saturated rings. The van der Waals surface area contributed by atoms with E-state index in [0.29, 0.717) is 29.0 Å². The first-order valence-electron chi connectivity index (χ1n) is 8.60. The first-order valence-corrected chi connectivity index (χ1v) is 11.2. The second-order valence-corrected chi connectivity index (χ2v) is 10.3. The molecule has 2 aromatic rings. The second-order valence-electron chi connectivity index (χ2n) is 6.72. The minimum atomic E-state index is -3.50. The van der Waals surface area contributed by atoms with Crippen molar-refractivity contribution in [1.82, 2.24) is 14.5 Å². The summed E-state index contributed by atoms with van der Waals surface area (Å²) in [6.45, 7) is 7.01. The summed E-state index contributed by atoms with van der Waals surface area (Å²) in [5.41, 5.74) is 0. The van der Waals surface area contributed by atoms with E-state index in [1.54, 1.807) is 10.4 Å². The van der Waals surface area contributed by atoms with Gasteiger partial charge in [-0.3, -0.25) is 4.90 Å². The Morgan fingerprint density at radius 3 is 2.69 bits per heavy atom. The number of piperazine rings is 1. The lowest BCUT2D eigenvalue weighted by Crippen LogP contribution is -2.49. The summed E-state index contributed by atoms with van der Waals surface area (Å²) in [5, 5.41) is 4.67. The SMILES string of the molecule is Cc1sc2ccc(Cl)cc2c1S(=O)(=O)N1CCC(N2CCNCC2)C1.Cl. The van der Waals surface area contributed by atoms with E-state index in [1.807, 2.05) is 19.1 Å². The third-order valence-electron chi connectivity index (χ3n) is 5.16. The lowest BCUT2D eigenvalue weighted by Gasteiger charge is -2.32. The molecule has 2 saturated heterocycles. The molecule has 3 heterocycles. The number of sulfonamides is 1. The highest BCUT2D eigenvalue weighted by molar-refractivity contribution is 7.89. The summed E-state index contributed by atoms with van der Waals surface area (Å²) in [4.78, 5) is 3.69. The minimum absolute atomic E-state index is 0. The predicted molar refractivity (Wildman–Crippen MR) is 110 cm³/mol. The van der Waals surface area contributed by atoms with Crippen LogP contribution in [0.4, 0.5) is 0 Å². The number of benzene rings is 1. The van der Waals surface area contributed by atoms with Gasteiger partial charge in [-0.15, -0.1) is 23.7 Å². The first kappa shape index (κ1) is 20.3. The van der Waals surface area contributed by atoms with E-state index in [1.165, 1.54) is 11.3 Å². The van der Waals surface area contributed by atoms with Gasteiger partial charge in [0, 0.05) is 65.3 Å². The molecule has 26 heavy (non-hydrogen) atoms. The Bertz CT molecular complexity index is 895. The van der Waals surface area contributed by atoms with Crippen LogP contribution in [0.15, 0.2) is 23.1 Å². The summed E-state index contributed by atoms with van der Waals surface area (Å²) in [6, 6.07) is 5.82. The summed E-state index contributed by atoms with van der Waals surface area (Å²) < 4.78 is 29.3. The highest BCUT2D eigenvalue weighted by atomic mass is 35.5. The van der Waals surface area contributed by atoms with Gasteiger partial charge < -0.3 is 5.32 Å². The predicted octanol–water partition coefficient (Wildman–Crippen LogP) is 2.95. The minimum Gasteiger partial charge on any atom is -0.314 e. The standard InChI is InChI=1S/C17H22ClN3O2S2.ClH/c1-12-17(15-10-13(18)2-3-16(15)24-12)25(22,23)21-7-4-14(11-21)20-8-5-19-6-9-20;/h2-3,10,14,19H,4-9,11H2,1H3;1H. The van der Waals surface area contributed by atoms with Gasteiger partial charge in [-0.2, -0.15) is 4.31 Å². The van der Waals surface area contributed by atoms with Crippen LogP contribution in [-0.2, 0) is 10.0 Å². The van der Waals surface area contributed by atoms with Crippen molar-refractivity contribution in [2.45, 2.75) is 24.3 Å². The highest BCUT2D eigenvalue weighted by Gasteiger charge is 2.37. The van der Waals surface area contributed by atoms with Crippen LogP contribution >= 0.6 is 35.3 Å². The monoisotopic (exact) mass is 435 g/mol. The summed E-state index contributed by atoms with van der Waals surface area (Å²) in [5.74, 6) is 0. The molecule has 144 valence electrons. The van der Waals surface area contributed by atoms with Gasteiger partial charge in [0.25, 0.3) is 0 Å². The summed E-state index contributed by atoms with van der Waals surface area (Å²) in [6.07, 6.45) is 0.904. The maximum atomic E-state index is 13.3. The zero-order chi connectivity index (χ0) is 17.6. The van der Waals surface area contributed by atoms with Crippen LogP contribution in [0.1, 0.15) is 11.3 Å². The number of hydrogen-bond acceptors (Lipinski definition) is 5. The Balaban J connectivity index is 0.00000196. The molecule has 0 spiro atoms. The van der Waals surface area contributed by atoms with Gasteiger partial charge in [-0.25, -0.2) is 8.42 Å². The zero-order valence-corrected chi connectivity index (χ0v) is 17.8. The van der Waals surface area contributed by atoms with Gasteiger partial charge in [0.05, 0.1) is 0 Å². The van der Waals surface area contributed by atoms with E-state index in [9.17, 15) is 8.42 Å². The lowest BCUT2D eigenvalue weighted by atomic mass is 10.2. The van der Waals surface area contributed by atoms with Crippen molar-refractivity contribution in [3.05, 3.63) is 28.1 Å². The number of aryl methyl sites for hydroxylation is 1. The van der Waals surface area contributed by atoms with Gasteiger partial charge in [0.2, 0.25) is 10.0 Å². The maximum absolute atomic E-state index is 13.3. The number of hydrogen-bond donors (Lipinski definition) is 1. The van der Waals surface area contributed by atoms with Crippen molar-refractivity contribution < 1.29 is 8.42 Å². The fourth-order valence-electron chi connectivity index (χ4n) is 3.89. The van der Waals surface area contributed by atoms with Crippen LogP contribution in [0.2, 0.25) is 5.02 Å². The number of thiophene rings is 1. The summed E-state index contributed by atoms with van der Waals surface area (Å²) >= 11 is 7.64. The van der Waals surface area contributed by atoms with Crippen molar-refractivity contribution in [3.63, 3.8) is 0 Å². The molecular weight excluding hydrogens is 413 g/mol. The van der Waals surface area contributed by atoms with Crippen LogP contribution in [0.3, 0.4) is 0 Å². The number of halogens is 2. The summed E-state index contributed by atoms with van der Waals surface area (Å²) in [7, 11) is -3.50. The Kier molecular flexibility index (Phi) is 6.19. The van der Waals surface area contributed by atoms with Crippen molar-refractivity contribution in [2.24, 2.45) is 0 Å². The van der Waals surface area contributed by atoms with E-state index in [-0.39, 0.29) is 12.4 Å². The largest absolute Gasteiger partial charge is 0.314 e. The van der Waals surface area contributed by atoms with Crippen molar-refractivity contribution in [3.8, 4) is 0 Å². The molecule has 1 unspecified atom stereocenters. The van der Waals surface area contributed by atoms with Crippen molar-refractivity contribution in [1.29, 1.82) is 0 Å². The molecule has 4 rings (SSSR count). The molecule has 0 amide bonds. The Hall–Kier alpha value is -0.410. The van der Waals surface area contributed by atoms with Gasteiger partial charge in [-0.05, 0) is 31.5 Å². The molecule has 1 aromatic heterocycles. The average Bonchev–Trinajstić information content (AvgIpc) is 3.20. The second kappa shape index (κ2) is 7.91. The molecule has 5 nitrogen and oxygen atoms in total. The van der Waals surface area contributed by atoms with Crippen LogP contribution in [0.25, 0.3) is 10.1 Å². The van der Waals surface area contributed by atoms with E-state index in [4.69, 9.17) is 11.6 Å². The smallest absolute Gasteiger partial charge is 0.244 e. The van der Waals surface area contributed by atoms with E-state index in [0.717, 1.165) is 47.6 Å². The van der Waals surface area contributed by atoms with E-state index >= 15 is 0 Å². The number of nitrogens with one attached hydrogen (secondary N) is 1. The van der Waals surface area contributed by atoms with Crippen molar-refractivity contribution >= 4 is 55.5 Å². The van der Waals surface area contributed by atoms with E-state index in [2.05, 4.69) is 10.2 Å². The van der Waals surface area contributed by atoms with Crippen molar-refractivity contribution in [2.75, 3.05) is 39.3 Å². The number of fused-ring (bicyclic) bond motifs is 1. The molecule has 1 N–H and O–H groups in total. The average molecular weight is 436 g/mol. The molecule has 0 bridgehead atoms. The molecule has 0 saturated carbocycles. The topological polar surface area (TPSA) is 52.7 Å². The van der Waals surface area contributed by atoms with Gasteiger partial charge in [-0.1, -0.05) is 11.6 Å². The van der Waals surface area contributed by atoms with Crippen LogP contribution in [0, 0.1) is 6.92 Å². The third-order valence-corrected chi connectivity index (χ3v) is 8.67. The Morgan fingerprint density at radius 2 is 1.96 bits per heavy atom. The Morgan fingerprint density at radius 1 is 1.23 bits per heavy atom. The lowest BCUT2D eigenvalue weighted by molar-refractivity contribution is 0.179. The fourth-order valence-corrected chi connectivity index (χ4v) is 7.29. The molecular formula is C17H23Cl2N3O2S2. The normalized spacial score (nSPS) is 22.6. The number of rotatable bonds is 3. The molecule has 2 aliphatic heterocycles. The van der Waals surface area contributed by atoms with E-state index < -0.39 is 10.0 Å². The first-order chi connectivity index (χ1) is 12.0. The van der Waals surface area contributed by atoms with Gasteiger partial charge in [0.15, 0.2) is 0 Å². The molecule has 2 aliphatic rings. The fraction of sp³-hybridized carbons (Fsp3) is 0.529. The maximum Gasteiger partial charge on any atom is 0.244 e. The quantitative estimate of drug-likeness (QED) is 0.804. The van der Waals surface area contributed by atoms with Crippen LogP contribution in [-0.4, -0.2) is 62.9 Å². The molecule has 9 heteroatoms. The molecule has 0 aliphatic carbocycles. The third kappa shape index (κ3) is 3.63. The van der Waals surface area contributed by atoms with Crippen LogP contribution < -0.4 is 5.32 Å². The van der Waals surface area contributed by atoms with Gasteiger partial charge in [0.1, 0.15) is 4.90 Å². The molecule has 1 atom stereocenters.